The van der Waals surface area contributed by atoms with Crippen LogP contribution in [0.1, 0.15) is 333 Å². The molecule has 0 saturated carbocycles. The molecule has 0 spiro atoms. The molecule has 0 bridgehead atoms. The molecule has 0 aromatic carbocycles. The number of hydrogen-bond acceptors (Lipinski definition) is 24. The van der Waals surface area contributed by atoms with Gasteiger partial charge in [0, 0.05) is 120 Å². The highest BCUT2D eigenvalue weighted by Crippen LogP contribution is 2.25. The van der Waals surface area contributed by atoms with Gasteiger partial charge in [-0.2, -0.15) is 0 Å². The molecule has 0 aromatic heterocycles. The fourth-order valence-corrected chi connectivity index (χ4v) is 12.4. The summed E-state index contributed by atoms with van der Waals surface area (Å²) in [6, 6.07) is 0. The molecule has 8 amide bonds. The lowest BCUT2D eigenvalue weighted by Crippen LogP contribution is -2.57. The van der Waals surface area contributed by atoms with E-state index in [9.17, 15) is 62.3 Å². The first-order valence-electron chi connectivity index (χ1n) is 43.5. The van der Waals surface area contributed by atoms with E-state index in [0.29, 0.717) is 90.5 Å². The van der Waals surface area contributed by atoms with Crippen molar-refractivity contribution < 1.29 is 114 Å². The maximum Gasteiger partial charge on any atom is 0.410 e. The zero-order chi connectivity index (χ0) is 90.6. The SMILES string of the molecule is CC(=O)OC[C@@H](OC(C)=O)[C@H](OC(C)=O)[C@H](OC(C)=O)[C@H](OC(C)=O)C(=O)NCCCCCCCCCCCCCCCCCC(=O)NCCCCCCC(CN(CCCCN(CCCNC(=O)OC(C)(C)C)C(=O)OC(C)(C)C)C(=O)OC(C)(C)C)CN(CCCCN(CCCNC(=O)OC(C)(C)C)C(=O)OC(C)(C)C)C(=O)OC(C)(C)C. The van der Waals surface area contributed by atoms with E-state index >= 15 is 0 Å². The molecule has 0 rings (SSSR count). The summed E-state index contributed by atoms with van der Waals surface area (Å²) in [5.74, 6) is -5.42. The minimum atomic E-state index is -1.83. The van der Waals surface area contributed by atoms with Crippen LogP contribution < -0.4 is 21.3 Å². The van der Waals surface area contributed by atoms with Gasteiger partial charge in [-0.05, 0) is 195 Å². The summed E-state index contributed by atoms with van der Waals surface area (Å²) in [6.45, 7) is 40.4. The molecule has 0 fully saturated rings. The van der Waals surface area contributed by atoms with E-state index in [1.165, 1.54) is 6.42 Å². The molecule has 0 aromatic rings. The van der Waals surface area contributed by atoms with Gasteiger partial charge in [-0.15, -0.1) is 0 Å². The molecule has 0 aliphatic rings. The zero-order valence-electron chi connectivity index (χ0n) is 77.3. The second kappa shape index (κ2) is 58.8. The first-order valence-corrected chi connectivity index (χ1v) is 43.5. The summed E-state index contributed by atoms with van der Waals surface area (Å²) in [5.41, 5.74) is -4.53. The van der Waals surface area contributed by atoms with Gasteiger partial charge in [-0.25, -0.2) is 28.8 Å². The van der Waals surface area contributed by atoms with Gasteiger partial charge in [0.25, 0.3) is 5.91 Å². The van der Waals surface area contributed by atoms with Crippen LogP contribution in [0.4, 0.5) is 28.8 Å². The number of nitrogens with one attached hydrogen (secondary N) is 4. The Kier molecular flexibility index (Phi) is 54.8. The fraction of sp³-hybridized carbons (Fsp3) is 0.851. The van der Waals surface area contributed by atoms with Crippen molar-refractivity contribution in [3.05, 3.63) is 0 Å². The van der Waals surface area contributed by atoms with Crippen molar-refractivity contribution in [1.29, 1.82) is 0 Å². The number of alkyl carbamates (subject to hydrolysis) is 2. The van der Waals surface area contributed by atoms with Crippen LogP contribution in [-0.2, 0) is 85.7 Å². The maximum atomic E-state index is 14.4. The normalized spacial score (nSPS) is 12.9. The van der Waals surface area contributed by atoms with Crippen molar-refractivity contribution in [2.75, 3.05) is 85.1 Å². The van der Waals surface area contributed by atoms with Crippen molar-refractivity contribution >= 4 is 78.2 Å². The Morgan fingerprint density at radius 1 is 0.286 bits per heavy atom. The largest absolute Gasteiger partial charge is 0.462 e. The smallest absolute Gasteiger partial charge is 0.410 e. The van der Waals surface area contributed by atoms with Crippen molar-refractivity contribution in [1.82, 2.24) is 40.9 Å². The van der Waals surface area contributed by atoms with Crippen LogP contribution in [0.3, 0.4) is 0 Å². The number of esters is 5. The van der Waals surface area contributed by atoms with E-state index in [1.54, 1.807) is 103 Å². The standard InChI is InChI=1S/C87H158N8O24/c1-64(96)109-63-70(110-65(2)97)72(111-66(3)98)73(112-67(4)99)74(113-68(5)100)75(102)89-52-42-37-34-32-30-28-26-24-25-27-29-31-33-35-40-50-71(101)88-51-41-38-36-39-49-69(61-94(80(107)118-86(18,19)20)57-45-43-55-92(78(105)116-84(12,13)14)59-47-53-90-76(103)114-82(6,7)8)62-95(81(108)119-87(21,22)23)58-46-44-56-93(79(106)117-85(15,16)17)60-48-54-91-77(104)115-83(9,10)11/h69-70,72-74H,24-63H2,1-23H3,(H,88,101)(H,89,102)(H,90,103)(H,91,104)/t70-,72+,73+,74+/m1/s1. The molecule has 0 heterocycles. The Labute approximate surface area is 712 Å². The first kappa shape index (κ1) is 111. The summed E-state index contributed by atoms with van der Waals surface area (Å²) in [7, 11) is 0. The minimum Gasteiger partial charge on any atom is -0.462 e. The maximum absolute atomic E-state index is 14.4. The van der Waals surface area contributed by atoms with Crippen molar-refractivity contribution in [2.24, 2.45) is 5.92 Å². The molecule has 0 aliphatic heterocycles. The van der Waals surface area contributed by atoms with Crippen molar-refractivity contribution in [2.45, 2.75) is 391 Å². The number of rotatable bonds is 57. The molecular weight excluding hydrogens is 1540 g/mol. The van der Waals surface area contributed by atoms with Crippen LogP contribution in [0.15, 0.2) is 0 Å². The third-order valence-corrected chi connectivity index (χ3v) is 17.5. The molecule has 32 nitrogen and oxygen atoms in total. The van der Waals surface area contributed by atoms with Gasteiger partial charge < -0.3 is 93.0 Å². The first-order chi connectivity index (χ1) is 55.2. The van der Waals surface area contributed by atoms with E-state index in [0.717, 1.165) is 144 Å². The molecule has 0 saturated heterocycles. The summed E-state index contributed by atoms with van der Waals surface area (Å²) < 4.78 is 60.8. The zero-order valence-corrected chi connectivity index (χ0v) is 77.3. The molecule has 4 atom stereocenters. The van der Waals surface area contributed by atoms with Crippen molar-refractivity contribution in [3.63, 3.8) is 0 Å². The van der Waals surface area contributed by atoms with Gasteiger partial charge in [0.2, 0.25) is 12.0 Å². The van der Waals surface area contributed by atoms with Gasteiger partial charge >= 0.3 is 66.4 Å². The number of ether oxygens (including phenoxy) is 11. The number of carbonyl (C=O) groups excluding carboxylic acids is 13. The average molecular weight is 1700 g/mol. The van der Waals surface area contributed by atoms with Gasteiger partial charge in [-0.1, -0.05) is 103 Å². The number of hydrogen-bond donors (Lipinski definition) is 4. The molecule has 690 valence electrons. The van der Waals surface area contributed by atoms with Gasteiger partial charge in [0.1, 0.15) is 40.2 Å². The van der Waals surface area contributed by atoms with Gasteiger partial charge in [-0.3, -0.25) is 33.6 Å². The monoisotopic (exact) mass is 1700 g/mol. The summed E-state index contributed by atoms with van der Waals surface area (Å²) in [5, 5.41) is 11.3. The van der Waals surface area contributed by atoms with Crippen molar-refractivity contribution in [3.8, 4) is 0 Å². The van der Waals surface area contributed by atoms with E-state index in [4.69, 9.17) is 52.1 Å². The predicted octanol–water partition coefficient (Wildman–Crippen LogP) is 15.7. The Morgan fingerprint density at radius 3 is 0.924 bits per heavy atom. The van der Waals surface area contributed by atoms with Crippen LogP contribution >= 0.6 is 0 Å². The topological polar surface area (TPSA) is 385 Å². The molecule has 0 radical (unpaired) electrons. The van der Waals surface area contributed by atoms with Crippen LogP contribution in [0.2, 0.25) is 0 Å². The highest BCUT2D eigenvalue weighted by atomic mass is 16.6. The second-order valence-corrected chi connectivity index (χ2v) is 36.7. The van der Waals surface area contributed by atoms with E-state index in [1.807, 2.05) is 41.5 Å². The average Bonchev–Trinajstić information content (AvgIpc) is 0.817. The Hall–Kier alpha value is -8.09. The van der Waals surface area contributed by atoms with E-state index in [2.05, 4.69) is 21.3 Å². The Bertz CT molecular complexity index is 2890. The third kappa shape index (κ3) is 63.6. The lowest BCUT2D eigenvalue weighted by atomic mass is 9.98. The second-order valence-electron chi connectivity index (χ2n) is 36.7. The van der Waals surface area contributed by atoms with Crippen LogP contribution in [-0.4, -0.2) is 241 Å². The molecule has 0 unspecified atom stereocenters. The van der Waals surface area contributed by atoms with Crippen LogP contribution in [0, 0.1) is 5.92 Å². The number of unbranched alkanes of at least 4 members (excludes halogenated alkanes) is 19. The molecule has 4 N–H and O–H groups in total. The van der Waals surface area contributed by atoms with E-state index < -0.39 is 137 Å². The fourth-order valence-electron chi connectivity index (χ4n) is 12.4. The Balaban J connectivity index is 5.83. The van der Waals surface area contributed by atoms with E-state index in [-0.39, 0.29) is 57.6 Å². The molecular formula is C87H158N8O24. The van der Waals surface area contributed by atoms with Crippen LogP contribution in [0.25, 0.3) is 0 Å². The quantitative estimate of drug-likeness (QED) is 0.0250. The highest BCUT2D eigenvalue weighted by Gasteiger charge is 2.47. The lowest BCUT2D eigenvalue weighted by Gasteiger charge is -2.34. The number of amides is 8. The number of nitrogens with zero attached hydrogens (tertiary/aromatic N) is 4. The minimum absolute atomic E-state index is 0.0377. The molecule has 119 heavy (non-hydrogen) atoms. The molecule has 0 aliphatic carbocycles. The molecule has 32 heteroatoms. The lowest BCUT2D eigenvalue weighted by molar-refractivity contribution is -0.203. The summed E-state index contributed by atoms with van der Waals surface area (Å²) in [6.07, 6.45) is 12.5. The van der Waals surface area contributed by atoms with Gasteiger partial charge in [0.05, 0.1) is 0 Å². The Morgan fingerprint density at radius 2 is 0.580 bits per heavy atom. The predicted molar refractivity (Wildman–Crippen MR) is 453 cm³/mol. The summed E-state index contributed by atoms with van der Waals surface area (Å²) in [4.78, 5) is 174. The third-order valence-electron chi connectivity index (χ3n) is 17.5. The van der Waals surface area contributed by atoms with Crippen LogP contribution in [0.5, 0.6) is 0 Å². The highest BCUT2D eigenvalue weighted by molar-refractivity contribution is 5.85. The number of carbonyl (C=O) groups is 13. The van der Waals surface area contributed by atoms with Gasteiger partial charge in [0.15, 0.2) is 18.3 Å². The summed E-state index contributed by atoms with van der Waals surface area (Å²) >= 11 is 0.